The minimum Gasteiger partial charge on any atom is -0.494 e. The topological polar surface area (TPSA) is 61.3 Å². The van der Waals surface area contributed by atoms with Crippen LogP contribution in [0.4, 0.5) is 0 Å². The molecule has 0 aromatic heterocycles. The van der Waals surface area contributed by atoms with Gasteiger partial charge in [0, 0.05) is 0 Å². The smallest absolute Gasteiger partial charge is 0.122 e. The van der Waals surface area contributed by atoms with Crippen LogP contribution in [0.15, 0.2) is 18.2 Å². The Bertz CT molecular complexity index is 284. The fourth-order valence-electron chi connectivity index (χ4n) is 1.20. The maximum absolute atomic E-state index is 5.54. The lowest BCUT2D eigenvalue weighted by Crippen LogP contribution is -2.20. The van der Waals surface area contributed by atoms with Crippen molar-refractivity contribution in [1.82, 2.24) is 0 Å². The second kappa shape index (κ2) is 4.25. The fraction of sp³-hybridized carbons (Fsp3) is 0.400. The van der Waals surface area contributed by atoms with Gasteiger partial charge >= 0.3 is 0 Å². The second-order valence-electron chi connectivity index (χ2n) is 2.98. The molecule has 0 amide bonds. The lowest BCUT2D eigenvalue weighted by Gasteiger charge is -2.10. The fourth-order valence-corrected chi connectivity index (χ4v) is 1.20. The van der Waals surface area contributed by atoms with E-state index in [-0.39, 0.29) is 0 Å². The third-order valence-corrected chi connectivity index (χ3v) is 1.88. The van der Waals surface area contributed by atoms with Crippen LogP contribution < -0.4 is 16.2 Å². The minimum absolute atomic E-state index is 0.408. The molecular weight excluding hydrogens is 164 g/mol. The quantitative estimate of drug-likeness (QED) is 0.689. The molecule has 0 spiro atoms. The zero-order chi connectivity index (χ0) is 9.84. The summed E-state index contributed by atoms with van der Waals surface area (Å²) in [5.74, 6) is 0.895. The molecule has 3 heteroatoms. The highest BCUT2D eigenvalue weighted by molar-refractivity contribution is 5.37. The van der Waals surface area contributed by atoms with Gasteiger partial charge in [-0.3, -0.25) is 0 Å². The number of hydrogen-bond donors (Lipinski definition) is 2. The zero-order valence-electron chi connectivity index (χ0n) is 8.08. The van der Waals surface area contributed by atoms with E-state index in [0.717, 1.165) is 16.9 Å². The van der Waals surface area contributed by atoms with Crippen molar-refractivity contribution in [2.24, 2.45) is 11.5 Å². The van der Waals surface area contributed by atoms with Gasteiger partial charge in [0.2, 0.25) is 0 Å². The molecule has 0 atom stereocenters. The summed E-state index contributed by atoms with van der Waals surface area (Å²) in [5, 5.41) is 0. The Hall–Kier alpha value is -1.06. The van der Waals surface area contributed by atoms with Crippen molar-refractivity contribution in [3.63, 3.8) is 0 Å². The van der Waals surface area contributed by atoms with Crippen LogP contribution in [0.1, 0.15) is 24.2 Å². The highest BCUT2D eigenvalue weighted by Crippen LogP contribution is 2.20. The first kappa shape index (κ1) is 10.0. The van der Waals surface area contributed by atoms with Crippen molar-refractivity contribution >= 4 is 0 Å². The van der Waals surface area contributed by atoms with Gasteiger partial charge in [0.15, 0.2) is 0 Å². The Morgan fingerprint density at radius 2 is 2.08 bits per heavy atom. The number of hydrogen-bond acceptors (Lipinski definition) is 3. The Balaban J connectivity index is 2.92. The Labute approximate surface area is 78.7 Å². The summed E-state index contributed by atoms with van der Waals surface area (Å²) in [6, 6.07) is 5.75. The maximum atomic E-state index is 5.54. The molecule has 3 nitrogen and oxygen atoms in total. The summed E-state index contributed by atoms with van der Waals surface area (Å²) in [5.41, 5.74) is 13.1. The van der Waals surface area contributed by atoms with Crippen molar-refractivity contribution in [2.45, 2.75) is 20.0 Å². The molecule has 0 heterocycles. The van der Waals surface area contributed by atoms with Gasteiger partial charge in [-0.2, -0.15) is 0 Å². The van der Waals surface area contributed by atoms with Crippen LogP contribution in [0.5, 0.6) is 5.75 Å². The van der Waals surface area contributed by atoms with E-state index in [1.165, 1.54) is 0 Å². The molecule has 0 aliphatic rings. The Morgan fingerprint density at radius 3 is 2.54 bits per heavy atom. The first-order valence-corrected chi connectivity index (χ1v) is 4.39. The predicted octanol–water partition coefficient (Wildman–Crippen LogP) is 1.31. The van der Waals surface area contributed by atoms with Gasteiger partial charge in [0.25, 0.3) is 0 Å². The summed E-state index contributed by atoms with van der Waals surface area (Å²) < 4.78 is 5.39. The predicted molar refractivity (Wildman–Crippen MR) is 53.5 cm³/mol. The van der Waals surface area contributed by atoms with E-state index >= 15 is 0 Å². The molecule has 13 heavy (non-hydrogen) atoms. The number of benzene rings is 1. The molecule has 0 unspecified atom stereocenters. The molecule has 1 rings (SSSR count). The first-order valence-electron chi connectivity index (χ1n) is 4.39. The van der Waals surface area contributed by atoms with E-state index in [4.69, 9.17) is 16.2 Å². The molecule has 0 radical (unpaired) electrons. The summed E-state index contributed by atoms with van der Waals surface area (Å²) in [4.78, 5) is 0. The monoisotopic (exact) mass is 180 g/mol. The van der Waals surface area contributed by atoms with E-state index in [0.29, 0.717) is 6.61 Å². The SMILES string of the molecule is CCOc1ccc(C(N)N)cc1C. The van der Waals surface area contributed by atoms with E-state index < -0.39 is 6.17 Å². The number of rotatable bonds is 3. The van der Waals surface area contributed by atoms with Gasteiger partial charge < -0.3 is 16.2 Å². The second-order valence-corrected chi connectivity index (χ2v) is 2.98. The first-order chi connectivity index (χ1) is 6.15. The lowest BCUT2D eigenvalue weighted by atomic mass is 10.1. The largest absolute Gasteiger partial charge is 0.494 e. The molecule has 4 N–H and O–H groups in total. The van der Waals surface area contributed by atoms with Crippen molar-refractivity contribution in [2.75, 3.05) is 6.61 Å². The van der Waals surface area contributed by atoms with E-state index in [1.807, 2.05) is 32.0 Å². The van der Waals surface area contributed by atoms with Crippen LogP contribution in [0.2, 0.25) is 0 Å². The number of aryl methyl sites for hydroxylation is 1. The Kier molecular flexibility index (Phi) is 3.28. The third-order valence-electron chi connectivity index (χ3n) is 1.88. The molecule has 1 aromatic rings. The van der Waals surface area contributed by atoms with Gasteiger partial charge in [-0.15, -0.1) is 0 Å². The molecule has 72 valence electrons. The van der Waals surface area contributed by atoms with Crippen LogP contribution in [-0.2, 0) is 0 Å². The molecule has 0 saturated heterocycles. The summed E-state index contributed by atoms with van der Waals surface area (Å²) in [6.07, 6.45) is -0.408. The maximum Gasteiger partial charge on any atom is 0.122 e. The molecular formula is C10H16N2O. The number of nitrogens with two attached hydrogens (primary N) is 2. The lowest BCUT2D eigenvalue weighted by molar-refractivity contribution is 0.337. The number of ether oxygens (including phenoxy) is 1. The minimum atomic E-state index is -0.408. The van der Waals surface area contributed by atoms with Crippen molar-refractivity contribution in [1.29, 1.82) is 0 Å². The molecule has 0 saturated carbocycles. The molecule has 0 aliphatic heterocycles. The van der Waals surface area contributed by atoms with Gasteiger partial charge in [-0.1, -0.05) is 6.07 Å². The highest BCUT2D eigenvalue weighted by atomic mass is 16.5. The van der Waals surface area contributed by atoms with Gasteiger partial charge in [-0.25, -0.2) is 0 Å². The molecule has 0 fully saturated rings. The summed E-state index contributed by atoms with van der Waals surface area (Å²) >= 11 is 0. The van der Waals surface area contributed by atoms with Crippen LogP contribution in [-0.4, -0.2) is 6.61 Å². The summed E-state index contributed by atoms with van der Waals surface area (Å²) in [6.45, 7) is 4.62. The van der Waals surface area contributed by atoms with Crippen molar-refractivity contribution in [3.8, 4) is 5.75 Å². The van der Waals surface area contributed by atoms with Crippen LogP contribution >= 0.6 is 0 Å². The molecule has 0 bridgehead atoms. The molecule has 1 aromatic carbocycles. The van der Waals surface area contributed by atoms with Crippen molar-refractivity contribution in [3.05, 3.63) is 29.3 Å². The standard InChI is InChI=1S/C10H16N2O/c1-3-13-9-5-4-8(10(11)12)6-7(9)2/h4-6,10H,3,11-12H2,1-2H3. The van der Waals surface area contributed by atoms with Crippen LogP contribution in [0.3, 0.4) is 0 Å². The van der Waals surface area contributed by atoms with Crippen LogP contribution in [0, 0.1) is 6.92 Å². The van der Waals surface area contributed by atoms with Gasteiger partial charge in [0.1, 0.15) is 5.75 Å². The molecule has 0 aliphatic carbocycles. The third kappa shape index (κ3) is 2.44. The zero-order valence-corrected chi connectivity index (χ0v) is 8.08. The Morgan fingerprint density at radius 1 is 1.38 bits per heavy atom. The highest BCUT2D eigenvalue weighted by Gasteiger charge is 2.03. The van der Waals surface area contributed by atoms with Gasteiger partial charge in [-0.05, 0) is 37.1 Å². The van der Waals surface area contributed by atoms with E-state index in [2.05, 4.69) is 0 Å². The van der Waals surface area contributed by atoms with E-state index in [1.54, 1.807) is 0 Å². The summed E-state index contributed by atoms with van der Waals surface area (Å²) in [7, 11) is 0. The van der Waals surface area contributed by atoms with E-state index in [9.17, 15) is 0 Å². The van der Waals surface area contributed by atoms with Crippen LogP contribution in [0.25, 0.3) is 0 Å². The van der Waals surface area contributed by atoms with Gasteiger partial charge in [0.05, 0.1) is 12.8 Å². The normalized spacial score (nSPS) is 10.5. The average Bonchev–Trinajstić information content (AvgIpc) is 2.08. The van der Waals surface area contributed by atoms with Crippen molar-refractivity contribution < 1.29 is 4.74 Å². The average molecular weight is 180 g/mol.